The molecular formula is C21H28N4O2. The fraction of sp³-hybridized carbons (Fsp3) is 0.571. The van der Waals surface area contributed by atoms with E-state index in [-0.39, 0.29) is 18.4 Å². The molecule has 1 aromatic rings. The maximum Gasteiger partial charge on any atom is 0.242 e. The van der Waals surface area contributed by atoms with Crippen LogP contribution in [-0.2, 0) is 16.1 Å². The minimum atomic E-state index is 0.0745. The average Bonchev–Trinajstić information content (AvgIpc) is 3.03. The van der Waals surface area contributed by atoms with Gasteiger partial charge in [0.15, 0.2) is 0 Å². The SMILES string of the molecule is N#Cc1ccc(CN2CCCN(C(=O)CN3CCCCCC3=O)CC2)cc1. The maximum absolute atomic E-state index is 12.7. The van der Waals surface area contributed by atoms with Crippen molar-refractivity contribution in [1.82, 2.24) is 14.7 Å². The van der Waals surface area contributed by atoms with Crippen LogP contribution in [0.3, 0.4) is 0 Å². The molecule has 3 rings (SSSR count). The van der Waals surface area contributed by atoms with Crippen LogP contribution < -0.4 is 0 Å². The van der Waals surface area contributed by atoms with Crippen LogP contribution in [0.2, 0.25) is 0 Å². The van der Waals surface area contributed by atoms with Gasteiger partial charge in [-0.3, -0.25) is 14.5 Å². The van der Waals surface area contributed by atoms with E-state index in [0.717, 1.165) is 51.9 Å². The number of amides is 2. The number of carbonyl (C=O) groups excluding carboxylic acids is 2. The molecule has 0 N–H and O–H groups in total. The maximum atomic E-state index is 12.7. The van der Waals surface area contributed by atoms with E-state index < -0.39 is 0 Å². The molecule has 2 heterocycles. The van der Waals surface area contributed by atoms with Crippen molar-refractivity contribution in [2.24, 2.45) is 0 Å². The molecule has 2 amide bonds. The monoisotopic (exact) mass is 368 g/mol. The molecule has 2 saturated heterocycles. The first-order valence-electron chi connectivity index (χ1n) is 9.92. The first kappa shape index (κ1) is 19.4. The van der Waals surface area contributed by atoms with E-state index in [0.29, 0.717) is 25.1 Å². The van der Waals surface area contributed by atoms with Crippen LogP contribution in [0.15, 0.2) is 24.3 Å². The highest BCUT2D eigenvalue weighted by molar-refractivity contribution is 5.85. The highest BCUT2D eigenvalue weighted by Gasteiger charge is 2.24. The van der Waals surface area contributed by atoms with Gasteiger partial charge in [-0.2, -0.15) is 5.26 Å². The second-order valence-corrected chi connectivity index (χ2v) is 7.45. The number of hydrogen-bond acceptors (Lipinski definition) is 4. The van der Waals surface area contributed by atoms with Crippen molar-refractivity contribution in [3.05, 3.63) is 35.4 Å². The molecular weight excluding hydrogens is 340 g/mol. The van der Waals surface area contributed by atoms with Crippen molar-refractivity contribution >= 4 is 11.8 Å². The average molecular weight is 368 g/mol. The fourth-order valence-corrected chi connectivity index (χ4v) is 3.79. The topological polar surface area (TPSA) is 67.7 Å². The van der Waals surface area contributed by atoms with Crippen molar-refractivity contribution in [1.29, 1.82) is 5.26 Å². The second-order valence-electron chi connectivity index (χ2n) is 7.45. The second kappa shape index (κ2) is 9.52. The van der Waals surface area contributed by atoms with Gasteiger partial charge in [0.1, 0.15) is 0 Å². The molecule has 6 nitrogen and oxygen atoms in total. The van der Waals surface area contributed by atoms with Crippen LogP contribution in [0.1, 0.15) is 43.2 Å². The molecule has 0 radical (unpaired) electrons. The molecule has 0 bridgehead atoms. The molecule has 2 aliphatic heterocycles. The zero-order chi connectivity index (χ0) is 19.1. The van der Waals surface area contributed by atoms with Crippen LogP contribution in [0, 0.1) is 11.3 Å². The Morgan fingerprint density at radius 2 is 1.78 bits per heavy atom. The fourth-order valence-electron chi connectivity index (χ4n) is 3.79. The van der Waals surface area contributed by atoms with Gasteiger partial charge in [0.2, 0.25) is 11.8 Å². The molecule has 0 saturated carbocycles. The summed E-state index contributed by atoms with van der Waals surface area (Å²) < 4.78 is 0. The van der Waals surface area contributed by atoms with E-state index >= 15 is 0 Å². The Balaban J connectivity index is 1.50. The van der Waals surface area contributed by atoms with Crippen molar-refractivity contribution < 1.29 is 9.59 Å². The van der Waals surface area contributed by atoms with Crippen LogP contribution in [0.25, 0.3) is 0 Å². The minimum Gasteiger partial charge on any atom is -0.340 e. The van der Waals surface area contributed by atoms with Gasteiger partial charge < -0.3 is 9.80 Å². The van der Waals surface area contributed by atoms with Crippen molar-refractivity contribution in [3.63, 3.8) is 0 Å². The third-order valence-electron chi connectivity index (χ3n) is 5.43. The summed E-state index contributed by atoms with van der Waals surface area (Å²) in [4.78, 5) is 30.8. The quantitative estimate of drug-likeness (QED) is 0.815. The van der Waals surface area contributed by atoms with Crippen LogP contribution in [0.4, 0.5) is 0 Å². The van der Waals surface area contributed by atoms with Gasteiger partial charge >= 0.3 is 0 Å². The summed E-state index contributed by atoms with van der Waals surface area (Å²) in [5, 5.41) is 8.90. The molecule has 2 fully saturated rings. The standard InChI is InChI=1S/C21H28N4O2/c22-15-18-6-8-19(9-7-18)16-23-10-4-12-24(14-13-23)21(27)17-25-11-3-1-2-5-20(25)26/h6-9H,1-5,10-14,16-17H2. The molecule has 0 aliphatic carbocycles. The number of benzene rings is 1. The number of nitriles is 1. The van der Waals surface area contributed by atoms with E-state index in [2.05, 4.69) is 11.0 Å². The van der Waals surface area contributed by atoms with Crippen LogP contribution >= 0.6 is 0 Å². The molecule has 27 heavy (non-hydrogen) atoms. The molecule has 2 aliphatic rings. The Morgan fingerprint density at radius 1 is 0.963 bits per heavy atom. The lowest BCUT2D eigenvalue weighted by molar-refractivity contribution is -0.140. The summed E-state index contributed by atoms with van der Waals surface area (Å²) in [6, 6.07) is 9.83. The zero-order valence-corrected chi connectivity index (χ0v) is 15.9. The molecule has 6 heteroatoms. The lowest BCUT2D eigenvalue weighted by Crippen LogP contribution is -2.44. The van der Waals surface area contributed by atoms with Gasteiger partial charge in [-0.05, 0) is 37.0 Å². The van der Waals surface area contributed by atoms with Gasteiger partial charge in [-0.1, -0.05) is 18.6 Å². The van der Waals surface area contributed by atoms with Gasteiger partial charge in [0.25, 0.3) is 0 Å². The van der Waals surface area contributed by atoms with Gasteiger partial charge in [0, 0.05) is 45.7 Å². The largest absolute Gasteiger partial charge is 0.340 e. The Hall–Kier alpha value is -2.39. The number of rotatable bonds is 4. The van der Waals surface area contributed by atoms with Crippen LogP contribution in [0.5, 0.6) is 0 Å². The van der Waals surface area contributed by atoms with Crippen molar-refractivity contribution in [2.45, 2.75) is 38.6 Å². The predicted octanol–water partition coefficient (Wildman–Crippen LogP) is 2.00. The summed E-state index contributed by atoms with van der Waals surface area (Å²) in [5.74, 6) is 0.198. The lowest BCUT2D eigenvalue weighted by atomic mass is 10.1. The Bertz CT molecular complexity index is 695. The van der Waals surface area contributed by atoms with E-state index in [1.807, 2.05) is 29.2 Å². The molecule has 144 valence electrons. The van der Waals surface area contributed by atoms with Gasteiger partial charge in [0.05, 0.1) is 18.2 Å². The number of likely N-dealkylation sites (tertiary alicyclic amines) is 1. The number of carbonyl (C=O) groups is 2. The number of hydrogen-bond donors (Lipinski definition) is 0. The molecule has 0 aromatic heterocycles. The first-order valence-corrected chi connectivity index (χ1v) is 9.92. The Labute approximate surface area is 161 Å². The third-order valence-corrected chi connectivity index (χ3v) is 5.43. The van der Waals surface area contributed by atoms with Crippen LogP contribution in [-0.4, -0.2) is 65.8 Å². The summed E-state index contributed by atoms with van der Waals surface area (Å²) in [5.41, 5.74) is 1.86. The first-order chi connectivity index (χ1) is 13.2. The van der Waals surface area contributed by atoms with Crippen molar-refractivity contribution in [3.8, 4) is 6.07 Å². The zero-order valence-electron chi connectivity index (χ0n) is 15.9. The molecule has 0 unspecified atom stereocenters. The summed E-state index contributed by atoms with van der Waals surface area (Å²) >= 11 is 0. The third kappa shape index (κ3) is 5.54. The summed E-state index contributed by atoms with van der Waals surface area (Å²) in [7, 11) is 0. The minimum absolute atomic E-state index is 0.0745. The highest BCUT2D eigenvalue weighted by atomic mass is 16.2. The van der Waals surface area contributed by atoms with Gasteiger partial charge in [-0.15, -0.1) is 0 Å². The summed E-state index contributed by atoms with van der Waals surface area (Å²) in [6.45, 7) is 5.02. The van der Waals surface area contributed by atoms with E-state index in [1.54, 1.807) is 4.90 Å². The Morgan fingerprint density at radius 3 is 2.56 bits per heavy atom. The Kier molecular flexibility index (Phi) is 6.83. The lowest BCUT2D eigenvalue weighted by Gasteiger charge is -2.26. The molecule has 0 atom stereocenters. The predicted molar refractivity (Wildman–Crippen MR) is 103 cm³/mol. The van der Waals surface area contributed by atoms with Gasteiger partial charge in [-0.25, -0.2) is 0 Å². The normalized spacial score (nSPS) is 19.3. The smallest absolute Gasteiger partial charge is 0.242 e. The number of nitrogens with zero attached hydrogens (tertiary/aromatic N) is 4. The van der Waals surface area contributed by atoms with E-state index in [4.69, 9.17) is 5.26 Å². The molecule has 1 aromatic carbocycles. The summed E-state index contributed by atoms with van der Waals surface area (Å²) in [6.07, 6.45) is 4.53. The van der Waals surface area contributed by atoms with E-state index in [9.17, 15) is 9.59 Å². The molecule has 0 spiro atoms. The van der Waals surface area contributed by atoms with E-state index in [1.165, 1.54) is 5.56 Å². The van der Waals surface area contributed by atoms with Crippen molar-refractivity contribution in [2.75, 3.05) is 39.3 Å². The highest BCUT2D eigenvalue weighted by Crippen LogP contribution is 2.13.